The van der Waals surface area contributed by atoms with Crippen molar-refractivity contribution >= 4 is 11.8 Å². The minimum absolute atomic E-state index is 0.0341. The Bertz CT molecular complexity index is 571. The van der Waals surface area contributed by atoms with Gasteiger partial charge in [0.25, 0.3) is 0 Å². The Kier molecular flexibility index (Phi) is 8.62. The van der Waals surface area contributed by atoms with Crippen LogP contribution < -0.4 is 11.1 Å². The van der Waals surface area contributed by atoms with Crippen LogP contribution in [0.25, 0.3) is 0 Å². The molecule has 0 aromatic heterocycles. The Morgan fingerprint density at radius 3 is 2.62 bits per heavy atom. The van der Waals surface area contributed by atoms with Crippen molar-refractivity contribution in [1.82, 2.24) is 10.2 Å². The van der Waals surface area contributed by atoms with Crippen LogP contribution in [-0.4, -0.2) is 42.4 Å². The number of hydrogen-bond acceptors (Lipinski definition) is 3. The number of piperidine rings is 1. The summed E-state index contributed by atoms with van der Waals surface area (Å²) in [6.07, 6.45) is 7.35. The Labute approximate surface area is 157 Å². The molecule has 26 heavy (non-hydrogen) atoms. The van der Waals surface area contributed by atoms with Crippen LogP contribution in [0.15, 0.2) is 24.3 Å². The molecule has 1 unspecified atom stereocenters. The normalized spacial score (nSPS) is 17.2. The molecule has 1 aliphatic rings. The average molecular weight is 360 g/mol. The second-order valence-corrected chi connectivity index (χ2v) is 7.18. The maximum Gasteiger partial charge on any atom is 0.227 e. The highest BCUT2D eigenvalue weighted by molar-refractivity contribution is 5.79. The number of unbranched alkanes of at least 4 members (excludes halogenated alkanes) is 1. The van der Waals surface area contributed by atoms with E-state index >= 15 is 0 Å². The first kappa shape index (κ1) is 20.4. The van der Waals surface area contributed by atoms with Crippen LogP contribution in [0.3, 0.4) is 0 Å². The van der Waals surface area contributed by atoms with Crippen molar-refractivity contribution in [2.45, 2.75) is 64.3 Å². The standard InChI is InChI=1S/C21H33N3O2/c1-2-3-6-17-8-10-18(11-9-17)15-21(26)24-14-5-4-7-19(24)16-23-20(25)12-13-22/h8-11,19H,2-7,12-16,22H2,1H3,(H,23,25). The molecule has 1 aliphatic heterocycles. The molecule has 0 saturated carbocycles. The summed E-state index contributed by atoms with van der Waals surface area (Å²) in [5, 5.41) is 2.92. The summed E-state index contributed by atoms with van der Waals surface area (Å²) >= 11 is 0. The second-order valence-electron chi connectivity index (χ2n) is 7.18. The molecule has 1 saturated heterocycles. The van der Waals surface area contributed by atoms with Crippen LogP contribution in [-0.2, 0) is 22.4 Å². The first-order valence-electron chi connectivity index (χ1n) is 9.98. The summed E-state index contributed by atoms with van der Waals surface area (Å²) in [5.41, 5.74) is 7.81. The molecule has 5 heteroatoms. The highest BCUT2D eigenvalue weighted by Crippen LogP contribution is 2.18. The molecule has 1 heterocycles. The number of carbonyl (C=O) groups excluding carboxylic acids is 2. The van der Waals surface area contributed by atoms with Crippen molar-refractivity contribution in [1.29, 1.82) is 0 Å². The molecule has 2 rings (SSSR count). The number of nitrogens with zero attached hydrogens (tertiary/aromatic N) is 1. The van der Waals surface area contributed by atoms with E-state index < -0.39 is 0 Å². The van der Waals surface area contributed by atoms with Gasteiger partial charge in [0.1, 0.15) is 0 Å². The van der Waals surface area contributed by atoms with E-state index in [9.17, 15) is 9.59 Å². The van der Waals surface area contributed by atoms with E-state index in [-0.39, 0.29) is 17.9 Å². The molecule has 2 amide bonds. The van der Waals surface area contributed by atoms with Gasteiger partial charge >= 0.3 is 0 Å². The molecule has 0 aliphatic carbocycles. The number of nitrogens with one attached hydrogen (secondary N) is 1. The monoisotopic (exact) mass is 359 g/mol. The van der Waals surface area contributed by atoms with Gasteiger partial charge in [-0.3, -0.25) is 9.59 Å². The topological polar surface area (TPSA) is 75.4 Å². The molecule has 0 spiro atoms. The quantitative estimate of drug-likeness (QED) is 0.711. The lowest BCUT2D eigenvalue weighted by molar-refractivity contribution is -0.134. The minimum Gasteiger partial charge on any atom is -0.354 e. The van der Waals surface area contributed by atoms with Crippen molar-refractivity contribution in [3.63, 3.8) is 0 Å². The molecule has 144 valence electrons. The number of aryl methyl sites for hydroxylation is 1. The molecule has 0 bridgehead atoms. The van der Waals surface area contributed by atoms with Gasteiger partial charge in [0.05, 0.1) is 6.42 Å². The first-order valence-corrected chi connectivity index (χ1v) is 9.98. The molecule has 1 atom stereocenters. The maximum absolute atomic E-state index is 12.8. The number of carbonyl (C=O) groups is 2. The Hall–Kier alpha value is -1.88. The van der Waals surface area contributed by atoms with Crippen LogP contribution in [0.4, 0.5) is 0 Å². The molecule has 5 nitrogen and oxygen atoms in total. The summed E-state index contributed by atoms with van der Waals surface area (Å²) in [6.45, 7) is 3.86. The summed E-state index contributed by atoms with van der Waals surface area (Å²) < 4.78 is 0. The average Bonchev–Trinajstić information content (AvgIpc) is 2.66. The predicted molar refractivity (Wildman–Crippen MR) is 105 cm³/mol. The van der Waals surface area contributed by atoms with E-state index in [1.807, 2.05) is 4.90 Å². The van der Waals surface area contributed by atoms with Crippen LogP contribution in [0.2, 0.25) is 0 Å². The van der Waals surface area contributed by atoms with Crippen LogP contribution >= 0.6 is 0 Å². The smallest absolute Gasteiger partial charge is 0.227 e. The fraction of sp³-hybridized carbons (Fsp3) is 0.619. The molecule has 3 N–H and O–H groups in total. The number of hydrogen-bond donors (Lipinski definition) is 2. The summed E-state index contributed by atoms with van der Waals surface area (Å²) in [6, 6.07) is 8.52. The van der Waals surface area contributed by atoms with Gasteiger partial charge in [-0.25, -0.2) is 0 Å². The zero-order valence-corrected chi connectivity index (χ0v) is 16.0. The third kappa shape index (κ3) is 6.45. The van der Waals surface area contributed by atoms with E-state index in [1.165, 1.54) is 18.4 Å². The number of amides is 2. The minimum atomic E-state index is -0.0341. The third-order valence-electron chi connectivity index (χ3n) is 5.05. The van der Waals surface area contributed by atoms with Gasteiger partial charge in [0, 0.05) is 32.1 Å². The number of nitrogens with two attached hydrogens (primary N) is 1. The lowest BCUT2D eigenvalue weighted by Crippen LogP contribution is -2.50. The van der Waals surface area contributed by atoms with Crippen molar-refractivity contribution in [2.75, 3.05) is 19.6 Å². The van der Waals surface area contributed by atoms with Gasteiger partial charge in [-0.05, 0) is 43.2 Å². The van der Waals surface area contributed by atoms with Gasteiger partial charge in [-0.1, -0.05) is 37.6 Å². The van der Waals surface area contributed by atoms with Crippen molar-refractivity contribution in [2.24, 2.45) is 5.73 Å². The van der Waals surface area contributed by atoms with Gasteiger partial charge in [-0.2, -0.15) is 0 Å². The molecule has 1 aromatic carbocycles. The largest absolute Gasteiger partial charge is 0.354 e. The van der Waals surface area contributed by atoms with Gasteiger partial charge in [0.15, 0.2) is 0 Å². The molecular formula is C21H33N3O2. The number of likely N-dealkylation sites (tertiary alicyclic amines) is 1. The first-order chi connectivity index (χ1) is 12.6. The number of benzene rings is 1. The summed E-state index contributed by atoms with van der Waals surface area (Å²) in [4.78, 5) is 26.4. The summed E-state index contributed by atoms with van der Waals surface area (Å²) in [5.74, 6) is 0.122. The van der Waals surface area contributed by atoms with E-state index in [0.717, 1.165) is 37.8 Å². The summed E-state index contributed by atoms with van der Waals surface area (Å²) in [7, 11) is 0. The van der Waals surface area contributed by atoms with Crippen LogP contribution in [0.5, 0.6) is 0 Å². The van der Waals surface area contributed by atoms with Gasteiger partial charge in [-0.15, -0.1) is 0 Å². The number of rotatable bonds is 9. The molecule has 1 aromatic rings. The fourth-order valence-electron chi connectivity index (χ4n) is 3.47. The lowest BCUT2D eigenvalue weighted by Gasteiger charge is -2.36. The zero-order valence-electron chi connectivity index (χ0n) is 16.0. The van der Waals surface area contributed by atoms with E-state index in [4.69, 9.17) is 5.73 Å². The third-order valence-corrected chi connectivity index (χ3v) is 5.05. The van der Waals surface area contributed by atoms with E-state index in [2.05, 4.69) is 36.5 Å². The Morgan fingerprint density at radius 1 is 1.19 bits per heavy atom. The van der Waals surface area contributed by atoms with Crippen molar-refractivity contribution in [3.05, 3.63) is 35.4 Å². The molecule has 1 fully saturated rings. The Morgan fingerprint density at radius 2 is 1.92 bits per heavy atom. The van der Waals surface area contributed by atoms with Gasteiger partial charge < -0.3 is 16.0 Å². The van der Waals surface area contributed by atoms with Crippen molar-refractivity contribution in [3.8, 4) is 0 Å². The SMILES string of the molecule is CCCCc1ccc(CC(=O)N2CCCCC2CNC(=O)CCN)cc1. The van der Waals surface area contributed by atoms with Crippen LogP contribution in [0.1, 0.15) is 56.6 Å². The van der Waals surface area contributed by atoms with Crippen LogP contribution in [0, 0.1) is 0 Å². The second kappa shape index (κ2) is 11.0. The fourth-order valence-corrected chi connectivity index (χ4v) is 3.47. The highest BCUT2D eigenvalue weighted by atomic mass is 16.2. The zero-order chi connectivity index (χ0) is 18.8. The van der Waals surface area contributed by atoms with E-state index in [1.54, 1.807) is 0 Å². The Balaban J connectivity index is 1.89. The van der Waals surface area contributed by atoms with Crippen molar-refractivity contribution < 1.29 is 9.59 Å². The highest BCUT2D eigenvalue weighted by Gasteiger charge is 2.26. The predicted octanol–water partition coefficient (Wildman–Crippen LogP) is 2.42. The molecular weight excluding hydrogens is 326 g/mol. The molecule has 0 radical (unpaired) electrons. The maximum atomic E-state index is 12.8. The van der Waals surface area contributed by atoms with Gasteiger partial charge in [0.2, 0.25) is 11.8 Å². The lowest BCUT2D eigenvalue weighted by atomic mass is 10.00. The van der Waals surface area contributed by atoms with E-state index in [0.29, 0.717) is 25.9 Å².